The van der Waals surface area contributed by atoms with Crippen molar-refractivity contribution in [3.8, 4) is 5.75 Å². The van der Waals surface area contributed by atoms with Crippen molar-refractivity contribution in [3.63, 3.8) is 0 Å². The van der Waals surface area contributed by atoms with Crippen LogP contribution in [0.5, 0.6) is 5.75 Å². The third-order valence-corrected chi connectivity index (χ3v) is 6.96. The minimum absolute atomic E-state index is 0.0556. The number of nitrogens with zero attached hydrogens (tertiary/aromatic N) is 2. The van der Waals surface area contributed by atoms with Crippen molar-refractivity contribution in [1.29, 1.82) is 0 Å². The molecule has 6 nitrogen and oxygen atoms in total. The van der Waals surface area contributed by atoms with Crippen molar-refractivity contribution in [1.82, 2.24) is 20.2 Å². The van der Waals surface area contributed by atoms with E-state index >= 15 is 0 Å². The van der Waals surface area contributed by atoms with Crippen LogP contribution in [-0.4, -0.2) is 53.3 Å². The minimum atomic E-state index is 0.0556. The Labute approximate surface area is 187 Å². The molecule has 3 aromatic rings. The molecule has 2 heterocycles. The van der Waals surface area contributed by atoms with Crippen molar-refractivity contribution < 1.29 is 9.53 Å². The molecule has 1 amide bonds. The molecule has 164 valence electrons. The van der Waals surface area contributed by atoms with Gasteiger partial charge in [-0.05, 0) is 62.7 Å². The van der Waals surface area contributed by atoms with Gasteiger partial charge in [-0.3, -0.25) is 9.69 Å². The average Bonchev–Trinajstić information content (AvgIpc) is 3.48. The second kappa shape index (κ2) is 10.2. The second-order valence-corrected chi connectivity index (χ2v) is 9.26. The average molecular weight is 439 g/mol. The van der Waals surface area contributed by atoms with Crippen LogP contribution in [0.1, 0.15) is 42.4 Å². The van der Waals surface area contributed by atoms with E-state index < -0.39 is 0 Å². The van der Waals surface area contributed by atoms with Crippen LogP contribution in [0.25, 0.3) is 11.0 Å². The number of rotatable bonds is 9. The number of imidazole rings is 1. The number of amides is 1. The van der Waals surface area contributed by atoms with Crippen LogP contribution >= 0.6 is 11.8 Å². The first-order chi connectivity index (χ1) is 15.1. The minimum Gasteiger partial charge on any atom is -0.497 e. The van der Waals surface area contributed by atoms with E-state index in [0.717, 1.165) is 35.7 Å². The number of para-hydroxylation sites is 2. The molecule has 1 saturated heterocycles. The van der Waals surface area contributed by atoms with Crippen LogP contribution in [-0.2, 0) is 4.79 Å². The number of benzene rings is 2. The summed E-state index contributed by atoms with van der Waals surface area (Å²) in [5.74, 6) is 2.22. The third kappa shape index (κ3) is 5.40. The maximum Gasteiger partial charge on any atom is 0.230 e. The molecule has 31 heavy (non-hydrogen) atoms. The van der Waals surface area contributed by atoms with Crippen molar-refractivity contribution in [2.24, 2.45) is 0 Å². The van der Waals surface area contributed by atoms with Gasteiger partial charge in [0.2, 0.25) is 5.91 Å². The highest BCUT2D eigenvalue weighted by molar-refractivity contribution is 8.00. The highest BCUT2D eigenvalue weighted by Gasteiger charge is 2.24. The zero-order valence-corrected chi connectivity index (χ0v) is 19.0. The van der Waals surface area contributed by atoms with E-state index in [2.05, 4.69) is 39.2 Å². The van der Waals surface area contributed by atoms with Crippen molar-refractivity contribution in [2.75, 3.05) is 32.5 Å². The van der Waals surface area contributed by atoms with E-state index in [1.165, 1.54) is 18.4 Å². The van der Waals surface area contributed by atoms with Crippen LogP contribution < -0.4 is 10.1 Å². The molecule has 4 rings (SSSR count). The molecule has 2 unspecified atom stereocenters. The summed E-state index contributed by atoms with van der Waals surface area (Å²) in [6.07, 6.45) is 2.42. The number of aromatic nitrogens is 2. The Morgan fingerprint density at radius 1 is 1.23 bits per heavy atom. The van der Waals surface area contributed by atoms with Gasteiger partial charge in [-0.15, -0.1) is 11.8 Å². The molecular weight excluding hydrogens is 408 g/mol. The number of methoxy groups -OCH3 is 1. The van der Waals surface area contributed by atoms with E-state index in [0.29, 0.717) is 12.3 Å². The number of nitrogens with one attached hydrogen (secondary N) is 2. The van der Waals surface area contributed by atoms with Gasteiger partial charge in [0.15, 0.2) is 0 Å². The number of likely N-dealkylation sites (tertiary alicyclic amines) is 1. The fourth-order valence-electron chi connectivity index (χ4n) is 4.07. The lowest BCUT2D eigenvalue weighted by atomic mass is 10.0. The first-order valence-corrected chi connectivity index (χ1v) is 11.9. The monoisotopic (exact) mass is 438 g/mol. The van der Waals surface area contributed by atoms with Gasteiger partial charge in [0.05, 0.1) is 35.2 Å². The van der Waals surface area contributed by atoms with E-state index in [1.807, 2.05) is 36.4 Å². The molecular formula is C24H30N4O2S. The zero-order valence-electron chi connectivity index (χ0n) is 18.1. The lowest BCUT2D eigenvalue weighted by Crippen LogP contribution is -2.37. The topological polar surface area (TPSA) is 70.2 Å². The van der Waals surface area contributed by atoms with Gasteiger partial charge in [0.25, 0.3) is 0 Å². The molecule has 0 aliphatic carbocycles. The largest absolute Gasteiger partial charge is 0.497 e. The predicted molar refractivity (Wildman–Crippen MR) is 127 cm³/mol. The molecule has 0 bridgehead atoms. The molecule has 0 radical (unpaired) electrons. The van der Waals surface area contributed by atoms with Gasteiger partial charge < -0.3 is 15.0 Å². The first kappa shape index (κ1) is 21.7. The van der Waals surface area contributed by atoms with Gasteiger partial charge in [0, 0.05) is 6.54 Å². The molecule has 2 atom stereocenters. The summed E-state index contributed by atoms with van der Waals surface area (Å²) in [6, 6.07) is 16.3. The number of carbonyl (C=O) groups is 1. The van der Waals surface area contributed by atoms with Gasteiger partial charge >= 0.3 is 0 Å². The van der Waals surface area contributed by atoms with Crippen LogP contribution in [0, 0.1) is 0 Å². The van der Waals surface area contributed by atoms with E-state index in [9.17, 15) is 4.79 Å². The third-order valence-electron chi connectivity index (χ3n) is 5.81. The van der Waals surface area contributed by atoms with Crippen LogP contribution in [0.3, 0.4) is 0 Å². The van der Waals surface area contributed by atoms with E-state index in [1.54, 1.807) is 18.9 Å². The summed E-state index contributed by atoms with van der Waals surface area (Å²) in [5, 5.41) is 3.27. The number of H-pyrrole nitrogens is 1. The maximum atomic E-state index is 12.6. The number of aromatic amines is 1. The molecule has 7 heteroatoms. The number of fused-ring (bicyclic) bond motifs is 1. The zero-order chi connectivity index (χ0) is 21.6. The molecule has 1 aliphatic rings. The molecule has 1 aromatic heterocycles. The van der Waals surface area contributed by atoms with Crippen LogP contribution in [0.15, 0.2) is 48.5 Å². The summed E-state index contributed by atoms with van der Waals surface area (Å²) < 4.78 is 5.40. The molecule has 1 aliphatic heterocycles. The Bertz CT molecular complexity index is 982. The number of hydrogen-bond donors (Lipinski definition) is 2. The normalized spacial score (nSPS) is 16.3. The fourth-order valence-corrected chi connectivity index (χ4v) is 4.84. The molecule has 2 N–H and O–H groups in total. The van der Waals surface area contributed by atoms with E-state index in [-0.39, 0.29) is 17.2 Å². The lowest BCUT2D eigenvalue weighted by Gasteiger charge is -2.28. The standard InChI is InChI=1S/C24H30N4O2S/c1-17(24-26-20-10-3-4-11-21(20)27-24)31-16-23(29)25-15-22(28-12-5-6-13-28)18-8-7-9-19(14-18)30-2/h3-4,7-11,14,17,22H,5-6,12-13,15-16H2,1-2H3,(H,25,29)(H,26,27). The van der Waals surface area contributed by atoms with Crippen LogP contribution in [0.4, 0.5) is 0 Å². The SMILES string of the molecule is COc1cccc(C(CNC(=O)CSC(C)c2nc3ccccc3[nH]2)N2CCCC2)c1. The van der Waals surface area contributed by atoms with Crippen molar-refractivity contribution in [3.05, 3.63) is 59.9 Å². The lowest BCUT2D eigenvalue weighted by molar-refractivity contribution is -0.118. The molecule has 0 spiro atoms. The number of hydrogen-bond acceptors (Lipinski definition) is 5. The smallest absolute Gasteiger partial charge is 0.230 e. The van der Waals surface area contributed by atoms with E-state index in [4.69, 9.17) is 4.74 Å². The highest BCUT2D eigenvalue weighted by atomic mass is 32.2. The first-order valence-electron chi connectivity index (χ1n) is 10.8. The molecule has 0 saturated carbocycles. The predicted octanol–water partition coefficient (Wildman–Crippen LogP) is 4.32. The summed E-state index contributed by atoms with van der Waals surface area (Å²) in [6.45, 7) is 4.82. The van der Waals surface area contributed by atoms with Gasteiger partial charge in [-0.1, -0.05) is 24.3 Å². The summed E-state index contributed by atoms with van der Waals surface area (Å²) >= 11 is 1.60. The Hall–Kier alpha value is -2.51. The van der Waals surface area contributed by atoms with Crippen LogP contribution in [0.2, 0.25) is 0 Å². The Balaban J connectivity index is 1.34. The van der Waals surface area contributed by atoms with Gasteiger partial charge in [0.1, 0.15) is 11.6 Å². The van der Waals surface area contributed by atoms with Crippen molar-refractivity contribution in [2.45, 2.75) is 31.1 Å². The number of carbonyl (C=O) groups excluding carboxylic acids is 1. The van der Waals surface area contributed by atoms with Crippen molar-refractivity contribution >= 4 is 28.7 Å². The fraction of sp³-hybridized carbons (Fsp3) is 0.417. The number of thioether (sulfide) groups is 1. The Morgan fingerprint density at radius 2 is 2.03 bits per heavy atom. The second-order valence-electron chi connectivity index (χ2n) is 7.93. The quantitative estimate of drug-likeness (QED) is 0.521. The summed E-state index contributed by atoms with van der Waals surface area (Å²) in [5.41, 5.74) is 3.17. The highest BCUT2D eigenvalue weighted by Crippen LogP contribution is 2.29. The Morgan fingerprint density at radius 3 is 2.81 bits per heavy atom. The maximum absolute atomic E-state index is 12.6. The Kier molecular flexibility index (Phi) is 7.14. The molecule has 2 aromatic carbocycles. The molecule has 1 fully saturated rings. The van der Waals surface area contributed by atoms with Gasteiger partial charge in [-0.25, -0.2) is 4.98 Å². The summed E-state index contributed by atoms with van der Waals surface area (Å²) in [7, 11) is 1.69. The number of ether oxygens (including phenoxy) is 1. The van der Waals surface area contributed by atoms with Gasteiger partial charge in [-0.2, -0.15) is 0 Å². The summed E-state index contributed by atoms with van der Waals surface area (Å²) in [4.78, 5) is 23.1.